The normalized spacial score (nSPS) is 14.5. The van der Waals surface area contributed by atoms with Crippen molar-refractivity contribution in [1.82, 2.24) is 15.1 Å². The van der Waals surface area contributed by atoms with Gasteiger partial charge in [-0.25, -0.2) is 0 Å². The van der Waals surface area contributed by atoms with Gasteiger partial charge in [0.25, 0.3) is 0 Å². The largest absolute Gasteiger partial charge is 0.396 e. The molecule has 0 spiro atoms. The lowest BCUT2D eigenvalue weighted by Gasteiger charge is -2.34. The van der Waals surface area contributed by atoms with Crippen LogP contribution in [0.5, 0.6) is 0 Å². The molecular formula is C21H33N3O. The predicted molar refractivity (Wildman–Crippen MR) is 104 cm³/mol. The van der Waals surface area contributed by atoms with Crippen LogP contribution < -0.4 is 5.32 Å². The molecule has 0 amide bonds. The average molecular weight is 344 g/mol. The molecule has 1 heterocycles. The zero-order valence-electron chi connectivity index (χ0n) is 16.5. The quantitative estimate of drug-likeness (QED) is 0.762. The fourth-order valence-corrected chi connectivity index (χ4v) is 3.68. The summed E-state index contributed by atoms with van der Waals surface area (Å²) in [5, 5.41) is 18.2. The van der Waals surface area contributed by atoms with E-state index in [4.69, 9.17) is 0 Å². The molecule has 2 aromatic rings. The van der Waals surface area contributed by atoms with E-state index in [2.05, 4.69) is 80.9 Å². The molecule has 2 unspecified atom stereocenters. The smallest absolute Gasteiger partial charge is 0.0644 e. The lowest BCUT2D eigenvalue weighted by atomic mass is 9.75. The van der Waals surface area contributed by atoms with E-state index in [-0.39, 0.29) is 24.0 Å². The summed E-state index contributed by atoms with van der Waals surface area (Å²) in [6, 6.07) is 10.7. The van der Waals surface area contributed by atoms with Crippen molar-refractivity contribution in [3.05, 3.63) is 52.8 Å². The molecule has 0 saturated heterocycles. The van der Waals surface area contributed by atoms with Crippen LogP contribution in [-0.2, 0) is 6.54 Å². The third-order valence-corrected chi connectivity index (χ3v) is 5.35. The minimum absolute atomic E-state index is 0.161. The number of hydrogen-bond donors (Lipinski definition) is 2. The SMILES string of the molecule is CCn1nc(C)c(C(C)NCC(c2ccccc2)C(C)(C)CO)c1C. The van der Waals surface area contributed by atoms with Crippen molar-refractivity contribution in [2.45, 2.75) is 60.0 Å². The molecule has 0 fully saturated rings. The fraction of sp³-hybridized carbons (Fsp3) is 0.571. The van der Waals surface area contributed by atoms with Gasteiger partial charge in [0.05, 0.1) is 5.69 Å². The lowest BCUT2D eigenvalue weighted by Crippen LogP contribution is -2.35. The number of nitrogens with one attached hydrogen (secondary N) is 1. The van der Waals surface area contributed by atoms with E-state index in [1.165, 1.54) is 16.8 Å². The van der Waals surface area contributed by atoms with Gasteiger partial charge >= 0.3 is 0 Å². The molecule has 0 aliphatic carbocycles. The van der Waals surface area contributed by atoms with E-state index in [1.807, 2.05) is 6.07 Å². The van der Waals surface area contributed by atoms with Crippen molar-refractivity contribution in [2.24, 2.45) is 5.41 Å². The summed E-state index contributed by atoms with van der Waals surface area (Å²) >= 11 is 0. The third-order valence-electron chi connectivity index (χ3n) is 5.35. The van der Waals surface area contributed by atoms with Crippen molar-refractivity contribution in [3.63, 3.8) is 0 Å². The van der Waals surface area contributed by atoms with Crippen LogP contribution in [-0.4, -0.2) is 28.0 Å². The van der Waals surface area contributed by atoms with Gasteiger partial charge in [0.15, 0.2) is 0 Å². The van der Waals surface area contributed by atoms with Gasteiger partial charge in [0, 0.05) is 42.9 Å². The zero-order valence-corrected chi connectivity index (χ0v) is 16.5. The van der Waals surface area contributed by atoms with E-state index in [0.29, 0.717) is 0 Å². The molecule has 0 aliphatic heterocycles. The molecule has 25 heavy (non-hydrogen) atoms. The first kappa shape index (κ1) is 19.7. The van der Waals surface area contributed by atoms with Crippen molar-refractivity contribution in [2.75, 3.05) is 13.2 Å². The summed E-state index contributed by atoms with van der Waals surface area (Å²) in [4.78, 5) is 0. The molecular weight excluding hydrogens is 310 g/mol. The number of nitrogens with zero attached hydrogens (tertiary/aromatic N) is 2. The molecule has 2 N–H and O–H groups in total. The van der Waals surface area contributed by atoms with Gasteiger partial charge in [-0.3, -0.25) is 4.68 Å². The van der Waals surface area contributed by atoms with Crippen molar-refractivity contribution in [3.8, 4) is 0 Å². The molecule has 4 nitrogen and oxygen atoms in total. The second-order valence-corrected chi connectivity index (χ2v) is 7.64. The van der Waals surface area contributed by atoms with E-state index in [1.54, 1.807) is 0 Å². The molecule has 0 bridgehead atoms. The Morgan fingerprint density at radius 2 is 1.84 bits per heavy atom. The highest BCUT2D eigenvalue weighted by Crippen LogP contribution is 2.35. The Morgan fingerprint density at radius 1 is 1.20 bits per heavy atom. The minimum Gasteiger partial charge on any atom is -0.396 e. The van der Waals surface area contributed by atoms with Crippen LogP contribution in [0, 0.1) is 19.3 Å². The molecule has 1 aromatic carbocycles. The lowest BCUT2D eigenvalue weighted by molar-refractivity contribution is 0.128. The maximum Gasteiger partial charge on any atom is 0.0644 e. The number of benzene rings is 1. The Balaban J connectivity index is 2.20. The summed E-state index contributed by atoms with van der Waals surface area (Å²) < 4.78 is 2.06. The van der Waals surface area contributed by atoms with Crippen molar-refractivity contribution >= 4 is 0 Å². The Kier molecular flexibility index (Phi) is 6.42. The van der Waals surface area contributed by atoms with Gasteiger partial charge < -0.3 is 10.4 Å². The third kappa shape index (κ3) is 4.31. The van der Waals surface area contributed by atoms with Gasteiger partial charge in [-0.2, -0.15) is 5.10 Å². The van der Waals surface area contributed by atoms with Gasteiger partial charge in [0.1, 0.15) is 0 Å². The standard InChI is InChI=1S/C21H33N3O/c1-7-24-17(4)20(16(3)23-24)15(2)22-13-19(21(5,6)14-25)18-11-9-8-10-12-18/h8-12,15,19,22,25H,7,13-14H2,1-6H3. The minimum atomic E-state index is -0.189. The average Bonchev–Trinajstić information content (AvgIpc) is 2.89. The first-order chi connectivity index (χ1) is 11.8. The molecule has 1 aromatic heterocycles. The van der Waals surface area contributed by atoms with E-state index >= 15 is 0 Å². The van der Waals surface area contributed by atoms with Crippen LogP contribution in [0.15, 0.2) is 30.3 Å². The molecule has 0 aliphatic rings. The summed E-state index contributed by atoms with van der Waals surface area (Å²) in [6.45, 7) is 14.7. The Labute approximate surface area is 152 Å². The zero-order chi connectivity index (χ0) is 18.6. The Bertz CT molecular complexity index is 676. The second-order valence-electron chi connectivity index (χ2n) is 7.64. The summed E-state index contributed by atoms with van der Waals surface area (Å²) in [5.74, 6) is 0.239. The van der Waals surface area contributed by atoms with Gasteiger partial charge in [-0.1, -0.05) is 44.2 Å². The maximum absolute atomic E-state index is 9.89. The number of aryl methyl sites for hydroxylation is 2. The molecule has 2 rings (SSSR count). The number of aliphatic hydroxyl groups excluding tert-OH is 1. The van der Waals surface area contributed by atoms with E-state index in [9.17, 15) is 5.11 Å². The van der Waals surface area contributed by atoms with Crippen LogP contribution in [0.4, 0.5) is 0 Å². The first-order valence-electron chi connectivity index (χ1n) is 9.24. The van der Waals surface area contributed by atoms with Gasteiger partial charge in [-0.05, 0) is 38.7 Å². The fourth-order valence-electron chi connectivity index (χ4n) is 3.68. The van der Waals surface area contributed by atoms with Gasteiger partial charge in [0.2, 0.25) is 0 Å². The Hall–Kier alpha value is -1.65. The van der Waals surface area contributed by atoms with Gasteiger partial charge in [-0.15, -0.1) is 0 Å². The number of aromatic nitrogens is 2. The molecule has 0 radical (unpaired) electrons. The van der Waals surface area contributed by atoms with E-state index < -0.39 is 0 Å². The first-order valence-corrected chi connectivity index (χ1v) is 9.24. The van der Waals surface area contributed by atoms with Crippen LogP contribution in [0.3, 0.4) is 0 Å². The van der Waals surface area contributed by atoms with Crippen molar-refractivity contribution in [1.29, 1.82) is 0 Å². The monoisotopic (exact) mass is 343 g/mol. The summed E-state index contributed by atoms with van der Waals surface area (Å²) in [7, 11) is 0. The second kappa shape index (κ2) is 8.15. The summed E-state index contributed by atoms with van der Waals surface area (Å²) in [5.41, 5.74) is 4.69. The number of hydrogen-bond acceptors (Lipinski definition) is 3. The van der Waals surface area contributed by atoms with Crippen LogP contribution >= 0.6 is 0 Å². The highest BCUT2D eigenvalue weighted by molar-refractivity contribution is 5.28. The molecule has 138 valence electrons. The topological polar surface area (TPSA) is 50.1 Å². The van der Waals surface area contributed by atoms with Crippen LogP contribution in [0.25, 0.3) is 0 Å². The van der Waals surface area contributed by atoms with Crippen LogP contribution in [0.1, 0.15) is 62.2 Å². The molecule has 4 heteroatoms. The van der Waals surface area contributed by atoms with E-state index in [0.717, 1.165) is 18.8 Å². The molecule has 0 saturated carbocycles. The Morgan fingerprint density at radius 3 is 2.36 bits per heavy atom. The number of rotatable bonds is 8. The van der Waals surface area contributed by atoms with Crippen LogP contribution in [0.2, 0.25) is 0 Å². The number of aliphatic hydroxyl groups is 1. The molecule has 2 atom stereocenters. The maximum atomic E-state index is 9.89. The highest BCUT2D eigenvalue weighted by atomic mass is 16.3. The van der Waals surface area contributed by atoms with Crippen molar-refractivity contribution < 1.29 is 5.11 Å². The predicted octanol–water partition coefficient (Wildman–Crippen LogP) is 3.97. The highest BCUT2D eigenvalue weighted by Gasteiger charge is 2.30. The summed E-state index contributed by atoms with van der Waals surface area (Å²) in [6.07, 6.45) is 0.